The Balaban J connectivity index is 1.73. The van der Waals surface area contributed by atoms with Gasteiger partial charge in [0.15, 0.2) is 0 Å². The molecule has 0 aromatic carbocycles. The van der Waals surface area contributed by atoms with Crippen molar-refractivity contribution in [3.63, 3.8) is 0 Å². The highest BCUT2D eigenvalue weighted by Gasteiger charge is 2.16. The SMILES string of the molecule is CCCN1CCCC(NCc2ccn(C)n2)CC1. The molecule has 4 heteroatoms. The Kier molecular flexibility index (Phi) is 5.20. The molecule has 1 N–H and O–H groups in total. The molecule has 1 fully saturated rings. The van der Waals surface area contributed by atoms with Gasteiger partial charge in [-0.2, -0.15) is 5.10 Å². The molecule has 1 aliphatic rings. The molecule has 102 valence electrons. The Morgan fingerprint density at radius 3 is 3.00 bits per heavy atom. The zero-order chi connectivity index (χ0) is 12.8. The Morgan fingerprint density at radius 2 is 2.28 bits per heavy atom. The Labute approximate surface area is 110 Å². The van der Waals surface area contributed by atoms with Crippen LogP contribution in [0.5, 0.6) is 0 Å². The van der Waals surface area contributed by atoms with E-state index in [1.165, 1.54) is 45.3 Å². The lowest BCUT2D eigenvalue weighted by Gasteiger charge is -2.19. The van der Waals surface area contributed by atoms with Crippen molar-refractivity contribution in [1.82, 2.24) is 20.0 Å². The molecule has 1 aromatic rings. The van der Waals surface area contributed by atoms with Crippen molar-refractivity contribution in [3.8, 4) is 0 Å². The van der Waals surface area contributed by atoms with Gasteiger partial charge in [-0.05, 0) is 51.4 Å². The van der Waals surface area contributed by atoms with Crippen molar-refractivity contribution < 1.29 is 0 Å². The van der Waals surface area contributed by atoms with E-state index in [4.69, 9.17) is 0 Å². The van der Waals surface area contributed by atoms with Gasteiger partial charge in [-0.25, -0.2) is 0 Å². The number of hydrogen-bond donors (Lipinski definition) is 1. The van der Waals surface area contributed by atoms with Crippen LogP contribution >= 0.6 is 0 Å². The van der Waals surface area contributed by atoms with Gasteiger partial charge in [0.25, 0.3) is 0 Å². The van der Waals surface area contributed by atoms with Gasteiger partial charge >= 0.3 is 0 Å². The third-order valence-electron chi connectivity index (χ3n) is 3.70. The second-order valence-corrected chi connectivity index (χ2v) is 5.33. The van der Waals surface area contributed by atoms with Crippen molar-refractivity contribution in [2.75, 3.05) is 19.6 Å². The van der Waals surface area contributed by atoms with Crippen LogP contribution in [0.1, 0.15) is 38.3 Å². The van der Waals surface area contributed by atoms with E-state index in [0.29, 0.717) is 6.04 Å². The third-order valence-corrected chi connectivity index (χ3v) is 3.70. The van der Waals surface area contributed by atoms with E-state index in [1.807, 2.05) is 17.9 Å². The molecule has 0 radical (unpaired) electrons. The Hall–Kier alpha value is -0.870. The van der Waals surface area contributed by atoms with Gasteiger partial charge in [0.2, 0.25) is 0 Å². The second kappa shape index (κ2) is 6.90. The summed E-state index contributed by atoms with van der Waals surface area (Å²) in [6.07, 6.45) is 7.17. The van der Waals surface area contributed by atoms with E-state index in [1.54, 1.807) is 0 Å². The number of rotatable bonds is 5. The molecule has 1 unspecified atom stereocenters. The summed E-state index contributed by atoms with van der Waals surface area (Å²) in [5.74, 6) is 0. The summed E-state index contributed by atoms with van der Waals surface area (Å²) in [7, 11) is 1.97. The van der Waals surface area contributed by atoms with Gasteiger partial charge in [0, 0.05) is 25.8 Å². The highest BCUT2D eigenvalue weighted by molar-refractivity contribution is 4.98. The van der Waals surface area contributed by atoms with E-state index in [9.17, 15) is 0 Å². The minimum atomic E-state index is 0.661. The summed E-state index contributed by atoms with van der Waals surface area (Å²) < 4.78 is 1.87. The predicted octanol–water partition coefficient (Wildman–Crippen LogP) is 1.77. The molecule has 1 atom stereocenters. The smallest absolute Gasteiger partial charge is 0.0762 e. The highest BCUT2D eigenvalue weighted by Crippen LogP contribution is 2.11. The molecule has 2 heterocycles. The van der Waals surface area contributed by atoms with E-state index >= 15 is 0 Å². The minimum Gasteiger partial charge on any atom is -0.308 e. The van der Waals surface area contributed by atoms with Crippen molar-refractivity contribution in [2.24, 2.45) is 7.05 Å². The molecule has 1 aliphatic heterocycles. The van der Waals surface area contributed by atoms with Crippen molar-refractivity contribution in [1.29, 1.82) is 0 Å². The lowest BCUT2D eigenvalue weighted by molar-refractivity contribution is 0.282. The molecular weight excluding hydrogens is 224 g/mol. The van der Waals surface area contributed by atoms with Crippen LogP contribution in [-0.4, -0.2) is 40.4 Å². The van der Waals surface area contributed by atoms with Gasteiger partial charge < -0.3 is 10.2 Å². The van der Waals surface area contributed by atoms with E-state index in [0.717, 1.165) is 12.2 Å². The number of hydrogen-bond acceptors (Lipinski definition) is 3. The van der Waals surface area contributed by atoms with Crippen LogP contribution in [0, 0.1) is 0 Å². The van der Waals surface area contributed by atoms with Gasteiger partial charge in [-0.3, -0.25) is 4.68 Å². The molecule has 4 nitrogen and oxygen atoms in total. The van der Waals surface area contributed by atoms with Crippen LogP contribution in [0.3, 0.4) is 0 Å². The number of nitrogens with one attached hydrogen (secondary N) is 1. The topological polar surface area (TPSA) is 33.1 Å². The normalized spacial score (nSPS) is 22.0. The monoisotopic (exact) mass is 250 g/mol. The maximum atomic E-state index is 4.41. The van der Waals surface area contributed by atoms with Gasteiger partial charge in [0.1, 0.15) is 0 Å². The zero-order valence-corrected chi connectivity index (χ0v) is 11.7. The Bertz CT molecular complexity index is 347. The minimum absolute atomic E-state index is 0.661. The molecule has 0 spiro atoms. The molecular formula is C14H26N4. The highest BCUT2D eigenvalue weighted by atomic mass is 15.3. The van der Waals surface area contributed by atoms with Crippen molar-refractivity contribution in [3.05, 3.63) is 18.0 Å². The summed E-state index contributed by atoms with van der Waals surface area (Å²) in [6.45, 7) is 6.94. The molecule has 2 rings (SSSR count). The fourth-order valence-corrected chi connectivity index (χ4v) is 2.71. The van der Waals surface area contributed by atoms with Crippen molar-refractivity contribution in [2.45, 2.75) is 45.2 Å². The lowest BCUT2D eigenvalue weighted by atomic mass is 10.1. The van der Waals surface area contributed by atoms with Crippen molar-refractivity contribution >= 4 is 0 Å². The fourth-order valence-electron chi connectivity index (χ4n) is 2.71. The Morgan fingerprint density at radius 1 is 1.39 bits per heavy atom. The third kappa shape index (κ3) is 4.10. The van der Waals surface area contributed by atoms with Crippen LogP contribution in [0.2, 0.25) is 0 Å². The fraction of sp³-hybridized carbons (Fsp3) is 0.786. The lowest BCUT2D eigenvalue weighted by Crippen LogP contribution is -2.31. The zero-order valence-electron chi connectivity index (χ0n) is 11.7. The molecule has 1 saturated heterocycles. The quantitative estimate of drug-likeness (QED) is 0.864. The summed E-state index contributed by atoms with van der Waals surface area (Å²) in [4.78, 5) is 2.60. The standard InChI is InChI=1S/C14H26N4/c1-3-8-18-9-4-5-13(7-11-18)15-12-14-6-10-17(2)16-14/h6,10,13,15H,3-5,7-9,11-12H2,1-2H3. The van der Waals surface area contributed by atoms with Crippen LogP contribution in [-0.2, 0) is 13.6 Å². The number of aromatic nitrogens is 2. The first-order valence-corrected chi connectivity index (χ1v) is 7.22. The first-order chi connectivity index (χ1) is 8.78. The first-order valence-electron chi connectivity index (χ1n) is 7.22. The van der Waals surface area contributed by atoms with E-state index < -0.39 is 0 Å². The second-order valence-electron chi connectivity index (χ2n) is 5.33. The average Bonchev–Trinajstić information content (AvgIpc) is 2.64. The maximum Gasteiger partial charge on any atom is 0.0762 e. The molecule has 0 aliphatic carbocycles. The van der Waals surface area contributed by atoms with E-state index in [-0.39, 0.29) is 0 Å². The largest absolute Gasteiger partial charge is 0.308 e. The number of likely N-dealkylation sites (tertiary alicyclic amines) is 1. The first kappa shape index (κ1) is 13.6. The average molecular weight is 250 g/mol. The number of nitrogens with zero attached hydrogens (tertiary/aromatic N) is 3. The van der Waals surface area contributed by atoms with Gasteiger partial charge in [-0.15, -0.1) is 0 Å². The number of aryl methyl sites for hydroxylation is 1. The molecule has 0 bridgehead atoms. The summed E-state index contributed by atoms with van der Waals surface area (Å²) >= 11 is 0. The summed E-state index contributed by atoms with van der Waals surface area (Å²) in [5, 5.41) is 8.06. The van der Waals surface area contributed by atoms with Gasteiger partial charge in [-0.1, -0.05) is 6.92 Å². The maximum absolute atomic E-state index is 4.41. The summed E-state index contributed by atoms with van der Waals surface area (Å²) in [5.41, 5.74) is 1.15. The molecule has 1 aromatic heterocycles. The van der Waals surface area contributed by atoms with E-state index in [2.05, 4.69) is 28.3 Å². The van der Waals surface area contributed by atoms with Crippen LogP contribution in [0.4, 0.5) is 0 Å². The van der Waals surface area contributed by atoms with Crippen LogP contribution < -0.4 is 5.32 Å². The molecule has 0 saturated carbocycles. The van der Waals surface area contributed by atoms with Crippen LogP contribution in [0.25, 0.3) is 0 Å². The predicted molar refractivity (Wildman–Crippen MR) is 74.4 cm³/mol. The molecule has 18 heavy (non-hydrogen) atoms. The van der Waals surface area contributed by atoms with Gasteiger partial charge in [0.05, 0.1) is 5.69 Å². The molecule has 0 amide bonds. The summed E-state index contributed by atoms with van der Waals surface area (Å²) in [6, 6.07) is 2.75. The van der Waals surface area contributed by atoms with Crippen LogP contribution in [0.15, 0.2) is 12.3 Å².